The van der Waals surface area contributed by atoms with Crippen molar-refractivity contribution in [2.45, 2.75) is 23.6 Å². The molecule has 13 heteroatoms. The lowest BCUT2D eigenvalue weighted by Crippen LogP contribution is -2.26. The lowest BCUT2D eigenvalue weighted by molar-refractivity contribution is 0.0986. The maximum Gasteiger partial charge on any atom is 0.285 e. The Morgan fingerprint density at radius 2 is 1.24 bits per heavy atom. The van der Waals surface area contributed by atoms with Crippen molar-refractivity contribution in [3.63, 3.8) is 0 Å². The molecule has 0 fully saturated rings. The van der Waals surface area contributed by atoms with E-state index in [1.807, 2.05) is 13.8 Å². The van der Waals surface area contributed by atoms with Gasteiger partial charge in [0.1, 0.15) is 0 Å². The molecule has 0 bridgehead atoms. The van der Waals surface area contributed by atoms with Crippen molar-refractivity contribution in [1.29, 1.82) is 0 Å². The lowest BCUT2D eigenvalue weighted by Gasteiger charge is -2.15. The number of nitrogens with zero attached hydrogens (tertiary/aromatic N) is 4. The highest BCUT2D eigenvalue weighted by Crippen LogP contribution is 2.41. The summed E-state index contributed by atoms with van der Waals surface area (Å²) in [4.78, 5) is 28.5. The predicted molar refractivity (Wildman–Crippen MR) is 160 cm³/mol. The Labute approximate surface area is 244 Å². The molecule has 0 spiro atoms. The van der Waals surface area contributed by atoms with Crippen molar-refractivity contribution in [3.05, 3.63) is 88.2 Å². The van der Waals surface area contributed by atoms with E-state index in [9.17, 15) is 26.4 Å². The summed E-state index contributed by atoms with van der Waals surface area (Å²) in [6.45, 7) is 4.53. The van der Waals surface area contributed by atoms with Gasteiger partial charge in [0.05, 0.1) is 21.2 Å². The Morgan fingerprint density at radius 3 is 1.79 bits per heavy atom. The van der Waals surface area contributed by atoms with E-state index in [0.717, 1.165) is 15.3 Å². The molecule has 0 aliphatic carbocycles. The summed E-state index contributed by atoms with van der Waals surface area (Å²) in [5.41, 5.74) is 2.06. The van der Waals surface area contributed by atoms with Gasteiger partial charge in [-0.1, -0.05) is 24.3 Å². The van der Waals surface area contributed by atoms with Gasteiger partial charge in [0.25, 0.3) is 31.9 Å². The minimum absolute atomic E-state index is 0.0744. The number of hydrogen-bond donors (Lipinski definition) is 0. The van der Waals surface area contributed by atoms with Crippen LogP contribution >= 0.6 is 11.3 Å². The van der Waals surface area contributed by atoms with Crippen LogP contribution < -0.4 is 14.6 Å². The second-order valence-electron chi connectivity index (χ2n) is 9.77. The van der Waals surface area contributed by atoms with Crippen LogP contribution in [-0.4, -0.2) is 45.7 Å². The molecular weight excluding hydrogens is 597 g/mol. The van der Waals surface area contributed by atoms with E-state index in [1.165, 1.54) is 23.7 Å². The number of sulfonamides is 1. The first kappa shape index (κ1) is 26.6. The fourth-order valence-electron chi connectivity index (χ4n) is 5.88. The van der Waals surface area contributed by atoms with Crippen LogP contribution in [0.25, 0.3) is 21.5 Å². The Balaban J connectivity index is 1.39. The number of benzene rings is 4. The molecular formula is C29H22N4O6S3. The van der Waals surface area contributed by atoms with Gasteiger partial charge in [0.15, 0.2) is 0 Å². The van der Waals surface area contributed by atoms with Gasteiger partial charge in [-0.25, -0.2) is 12.4 Å². The third kappa shape index (κ3) is 3.50. The average Bonchev–Trinajstić information content (AvgIpc) is 3.63. The van der Waals surface area contributed by atoms with E-state index in [1.54, 1.807) is 58.3 Å². The van der Waals surface area contributed by atoms with E-state index < -0.39 is 20.0 Å². The summed E-state index contributed by atoms with van der Waals surface area (Å²) < 4.78 is 60.3. The SMILES string of the molecule is CCN1C(=O)c2cccc3c(S(=O)(=O)N=c4sccn4S(=O)(=O)c4ccc5c6c(cccc46)C(=O)N5CC)ccc1c23. The van der Waals surface area contributed by atoms with Gasteiger partial charge in [0, 0.05) is 57.3 Å². The average molecular weight is 619 g/mol. The van der Waals surface area contributed by atoms with Crippen molar-refractivity contribution in [2.75, 3.05) is 22.9 Å². The third-order valence-corrected chi connectivity index (χ3v) is 11.7. The number of rotatable bonds is 6. The summed E-state index contributed by atoms with van der Waals surface area (Å²) in [7, 11) is -8.75. The number of amides is 2. The second-order valence-corrected chi connectivity index (χ2v) is 14.0. The zero-order valence-corrected chi connectivity index (χ0v) is 24.8. The zero-order valence-electron chi connectivity index (χ0n) is 22.3. The minimum Gasteiger partial charge on any atom is -0.308 e. The fraction of sp³-hybridized carbons (Fsp3) is 0.138. The fourth-order valence-corrected chi connectivity index (χ4v) is 9.82. The summed E-state index contributed by atoms with van der Waals surface area (Å²) in [5, 5.41) is 3.20. The maximum atomic E-state index is 14.0. The van der Waals surface area contributed by atoms with Gasteiger partial charge < -0.3 is 9.80 Å². The smallest absolute Gasteiger partial charge is 0.285 e. The molecule has 2 amide bonds. The molecule has 0 saturated heterocycles. The number of thiazole rings is 1. The lowest BCUT2D eigenvalue weighted by atomic mass is 10.1. The van der Waals surface area contributed by atoms with Crippen LogP contribution in [0, 0.1) is 0 Å². The molecule has 0 radical (unpaired) electrons. The number of hydrogen-bond acceptors (Lipinski definition) is 7. The van der Waals surface area contributed by atoms with Crippen LogP contribution in [0.5, 0.6) is 0 Å². The second kappa shape index (κ2) is 9.08. The van der Waals surface area contributed by atoms with Crippen molar-refractivity contribution in [2.24, 2.45) is 4.40 Å². The summed E-state index contributed by atoms with van der Waals surface area (Å²) in [6.07, 6.45) is 1.26. The van der Waals surface area contributed by atoms with Gasteiger partial charge in [-0.05, 0) is 50.2 Å². The van der Waals surface area contributed by atoms with E-state index in [4.69, 9.17) is 0 Å². The van der Waals surface area contributed by atoms with Crippen LogP contribution in [0.2, 0.25) is 0 Å². The van der Waals surface area contributed by atoms with Gasteiger partial charge >= 0.3 is 0 Å². The van der Waals surface area contributed by atoms with Crippen molar-refractivity contribution in [3.8, 4) is 0 Å². The third-order valence-electron chi connectivity index (χ3n) is 7.69. The van der Waals surface area contributed by atoms with Crippen LogP contribution in [0.3, 0.4) is 0 Å². The van der Waals surface area contributed by atoms with Gasteiger partial charge in [-0.15, -0.1) is 15.7 Å². The zero-order chi connectivity index (χ0) is 29.6. The Kier molecular flexibility index (Phi) is 5.74. The molecule has 5 aromatic rings. The largest absolute Gasteiger partial charge is 0.308 e. The first-order valence-electron chi connectivity index (χ1n) is 13.1. The number of anilines is 2. The van der Waals surface area contributed by atoms with Gasteiger partial charge in [0.2, 0.25) is 4.80 Å². The molecule has 0 unspecified atom stereocenters. The molecule has 7 rings (SSSR count). The molecule has 0 N–H and O–H groups in total. The van der Waals surface area contributed by atoms with Crippen molar-refractivity contribution >= 4 is 76.1 Å². The number of aromatic nitrogens is 1. The monoisotopic (exact) mass is 618 g/mol. The van der Waals surface area contributed by atoms with Gasteiger partial charge in [-0.3, -0.25) is 9.59 Å². The minimum atomic E-state index is -4.42. The molecule has 4 aromatic carbocycles. The first-order chi connectivity index (χ1) is 20.1. The van der Waals surface area contributed by atoms with Gasteiger partial charge in [-0.2, -0.15) is 8.42 Å². The van der Waals surface area contributed by atoms with E-state index in [0.29, 0.717) is 57.1 Å². The molecule has 2 aliphatic rings. The quantitative estimate of drug-likeness (QED) is 0.279. The molecule has 10 nitrogen and oxygen atoms in total. The van der Waals surface area contributed by atoms with Crippen LogP contribution in [0.1, 0.15) is 34.6 Å². The molecule has 3 heterocycles. The van der Waals surface area contributed by atoms with E-state index in [-0.39, 0.29) is 26.4 Å². The molecule has 42 heavy (non-hydrogen) atoms. The van der Waals surface area contributed by atoms with Crippen LogP contribution in [0.15, 0.2) is 86.4 Å². The van der Waals surface area contributed by atoms with Crippen molar-refractivity contribution < 1.29 is 26.4 Å². The summed E-state index contributed by atoms with van der Waals surface area (Å²) >= 11 is 0.863. The van der Waals surface area contributed by atoms with Crippen molar-refractivity contribution in [1.82, 2.24) is 3.97 Å². The summed E-state index contributed by atoms with van der Waals surface area (Å²) in [5.74, 6) is -0.410. The van der Waals surface area contributed by atoms with Crippen LogP contribution in [-0.2, 0) is 20.0 Å². The predicted octanol–water partition coefficient (Wildman–Crippen LogP) is 4.34. The topological polar surface area (TPSA) is 126 Å². The molecule has 0 saturated carbocycles. The molecule has 2 aliphatic heterocycles. The van der Waals surface area contributed by atoms with E-state index >= 15 is 0 Å². The molecule has 1 aromatic heterocycles. The Bertz CT molecular complexity index is 2320. The highest BCUT2D eigenvalue weighted by Gasteiger charge is 2.33. The normalized spacial score (nSPS) is 15.1. The molecule has 0 atom stereocenters. The standard InChI is InChI=1S/C29H22N4O6S3/c1-3-31-21-11-13-23(17-7-5-9-19(25(17)21)27(31)34)41(36,37)30-29-33(15-16-40-29)42(38,39)24-14-12-22-26-18(24)8-6-10-20(26)28(35)32(22)4-2/h5-16H,3-4H2,1-2H3. The number of carbonyl (C=O) groups is 2. The Hall–Kier alpha value is -4.33. The van der Waals surface area contributed by atoms with E-state index in [2.05, 4.69) is 4.40 Å². The van der Waals surface area contributed by atoms with Crippen LogP contribution in [0.4, 0.5) is 11.4 Å². The number of carbonyl (C=O) groups excluding carboxylic acids is 2. The first-order valence-corrected chi connectivity index (χ1v) is 16.8. The maximum absolute atomic E-state index is 14.0. The Morgan fingerprint density at radius 1 is 0.714 bits per heavy atom. The highest BCUT2D eigenvalue weighted by atomic mass is 32.2. The molecule has 212 valence electrons. The summed E-state index contributed by atoms with van der Waals surface area (Å²) in [6, 6.07) is 15.8. The highest BCUT2D eigenvalue weighted by molar-refractivity contribution is 7.91.